The van der Waals surface area contributed by atoms with Gasteiger partial charge in [-0.3, -0.25) is 4.79 Å². The average Bonchev–Trinajstić information content (AvgIpc) is 2.81. The van der Waals surface area contributed by atoms with Gasteiger partial charge in [-0.05, 0) is 12.1 Å². The van der Waals surface area contributed by atoms with E-state index in [0.29, 0.717) is 6.04 Å². The average molecular weight is 392 g/mol. The molecule has 0 radical (unpaired) electrons. The number of likely N-dealkylation sites (tertiary alicyclic amines) is 1. The Morgan fingerprint density at radius 2 is 1.40 bits per heavy atom. The van der Waals surface area contributed by atoms with Gasteiger partial charge in [-0.15, -0.1) is 10.2 Å². The van der Waals surface area contributed by atoms with Gasteiger partial charge in [0.1, 0.15) is 5.69 Å². The molecule has 5 heteroatoms. The Balaban J connectivity index is 1.29. The largest absolute Gasteiger partial charge is 0.346 e. The minimum absolute atomic E-state index is 0.117. The summed E-state index contributed by atoms with van der Waals surface area (Å²) in [6.07, 6.45) is 0. The zero-order chi connectivity index (χ0) is 20.1. The number of piperazine rings is 1. The molecule has 0 aliphatic carbocycles. The van der Waals surface area contributed by atoms with Crippen LogP contribution in [0.2, 0.25) is 0 Å². The van der Waals surface area contributed by atoms with Crippen molar-refractivity contribution in [1.29, 1.82) is 0 Å². The van der Waals surface area contributed by atoms with E-state index in [9.17, 15) is 4.79 Å². The first kappa shape index (κ1) is 17.2. The molecule has 2 saturated heterocycles. The maximum atomic E-state index is 12.8. The molecule has 1 aromatic heterocycles. The lowest BCUT2D eigenvalue weighted by molar-refractivity contribution is 0.0125. The smallest absolute Gasteiger partial charge is 0.254 e. The molecule has 0 N–H and O–H groups in total. The Labute approximate surface area is 174 Å². The normalized spacial score (nSPS) is 19.7. The number of hydrogen-bond donors (Lipinski definition) is 0. The van der Waals surface area contributed by atoms with E-state index >= 15 is 0 Å². The van der Waals surface area contributed by atoms with Crippen LogP contribution in [-0.2, 0) is 0 Å². The maximum absolute atomic E-state index is 12.8. The van der Waals surface area contributed by atoms with Crippen molar-refractivity contribution in [3.8, 4) is 11.3 Å². The minimum atomic E-state index is 0.117. The Hall–Kier alpha value is -3.73. The molecule has 2 aliphatic rings. The molecule has 4 aromatic rings. The van der Waals surface area contributed by atoms with Crippen LogP contribution in [0.15, 0.2) is 84.9 Å². The summed E-state index contributed by atoms with van der Waals surface area (Å²) in [6.45, 7) is 1.53. The second-order valence-corrected chi connectivity index (χ2v) is 7.89. The van der Waals surface area contributed by atoms with Gasteiger partial charge < -0.3 is 9.80 Å². The monoisotopic (exact) mass is 392 g/mol. The van der Waals surface area contributed by atoms with Crippen LogP contribution in [0.25, 0.3) is 22.0 Å². The predicted octanol–water partition coefficient (Wildman–Crippen LogP) is 4.01. The van der Waals surface area contributed by atoms with Gasteiger partial charge in [0.15, 0.2) is 5.82 Å². The number of carbonyl (C=O) groups is 1. The van der Waals surface area contributed by atoms with Gasteiger partial charge in [0.25, 0.3) is 5.91 Å². The fourth-order valence-electron chi connectivity index (χ4n) is 4.59. The predicted molar refractivity (Wildman–Crippen MR) is 117 cm³/mol. The Morgan fingerprint density at radius 1 is 0.733 bits per heavy atom. The van der Waals surface area contributed by atoms with Crippen LogP contribution >= 0.6 is 0 Å². The summed E-state index contributed by atoms with van der Waals surface area (Å²) in [5, 5.41) is 11.4. The third-order valence-corrected chi connectivity index (χ3v) is 6.28. The Bertz CT molecular complexity index is 1240. The summed E-state index contributed by atoms with van der Waals surface area (Å²) < 4.78 is 0. The highest BCUT2D eigenvalue weighted by molar-refractivity contribution is 6.01. The van der Waals surface area contributed by atoms with Gasteiger partial charge in [0, 0.05) is 35.0 Å². The number of rotatable bonds is 3. The summed E-state index contributed by atoms with van der Waals surface area (Å²) in [4.78, 5) is 17.0. The highest BCUT2D eigenvalue weighted by atomic mass is 16.2. The van der Waals surface area contributed by atoms with E-state index < -0.39 is 0 Å². The molecule has 30 heavy (non-hydrogen) atoms. The third kappa shape index (κ3) is 2.52. The van der Waals surface area contributed by atoms with Crippen LogP contribution in [0.5, 0.6) is 0 Å². The van der Waals surface area contributed by atoms with Crippen molar-refractivity contribution >= 4 is 22.5 Å². The van der Waals surface area contributed by atoms with Crippen molar-refractivity contribution in [3.63, 3.8) is 0 Å². The lowest BCUT2D eigenvalue weighted by Crippen LogP contribution is -2.80. The Kier molecular flexibility index (Phi) is 3.81. The zero-order valence-corrected chi connectivity index (χ0v) is 16.3. The van der Waals surface area contributed by atoms with Gasteiger partial charge in [-0.2, -0.15) is 0 Å². The molecule has 0 spiro atoms. The van der Waals surface area contributed by atoms with Gasteiger partial charge in [0.05, 0.1) is 12.1 Å². The number of hydrogen-bond acceptors (Lipinski definition) is 4. The standard InChI is InChI=1S/C25H20N4O/c30-25(18-11-5-2-6-12-18)29-16-21-22(29)15-28(21)24-20-14-8-7-13-19(20)23(26-27-24)17-9-3-1-4-10-17/h1-14,21-22H,15-16H2/t21?,22-/m1/s1. The molecule has 3 aromatic carbocycles. The van der Waals surface area contributed by atoms with E-state index in [-0.39, 0.29) is 11.9 Å². The summed E-state index contributed by atoms with van der Waals surface area (Å²) in [6, 6.07) is 28.6. The topological polar surface area (TPSA) is 49.3 Å². The molecule has 6 rings (SSSR count). The number of fused-ring (bicyclic) bond motifs is 2. The van der Waals surface area contributed by atoms with E-state index in [0.717, 1.165) is 46.5 Å². The van der Waals surface area contributed by atoms with Crippen molar-refractivity contribution in [2.24, 2.45) is 0 Å². The first-order chi connectivity index (χ1) is 14.8. The third-order valence-electron chi connectivity index (χ3n) is 6.28. The molecular formula is C25H20N4O. The SMILES string of the molecule is O=C(c1ccccc1)N1CC2[C@H]1CN2c1nnc(-c2ccccc2)c2ccccc12. The molecule has 2 aliphatic heterocycles. The summed E-state index contributed by atoms with van der Waals surface area (Å²) in [7, 11) is 0. The number of amides is 1. The van der Waals surface area contributed by atoms with Gasteiger partial charge in [-0.1, -0.05) is 72.8 Å². The zero-order valence-electron chi connectivity index (χ0n) is 16.3. The van der Waals surface area contributed by atoms with Gasteiger partial charge >= 0.3 is 0 Å². The van der Waals surface area contributed by atoms with Crippen molar-refractivity contribution in [2.45, 2.75) is 12.1 Å². The highest BCUT2D eigenvalue weighted by Gasteiger charge is 2.54. The number of anilines is 1. The van der Waals surface area contributed by atoms with E-state index in [1.54, 1.807) is 0 Å². The van der Waals surface area contributed by atoms with E-state index in [1.807, 2.05) is 65.6 Å². The first-order valence-electron chi connectivity index (χ1n) is 10.2. The van der Waals surface area contributed by atoms with Gasteiger partial charge in [0.2, 0.25) is 0 Å². The molecule has 0 bridgehead atoms. The van der Waals surface area contributed by atoms with Gasteiger partial charge in [-0.25, -0.2) is 0 Å². The molecule has 146 valence electrons. The highest BCUT2D eigenvalue weighted by Crippen LogP contribution is 2.41. The molecule has 5 nitrogen and oxygen atoms in total. The molecule has 0 saturated carbocycles. The second kappa shape index (κ2) is 6.66. The van der Waals surface area contributed by atoms with Crippen LogP contribution in [0.4, 0.5) is 5.82 Å². The lowest BCUT2D eigenvalue weighted by Gasteiger charge is -2.62. The molecule has 3 heterocycles. The molecule has 2 fully saturated rings. The molecule has 1 amide bonds. The molecule has 1 unspecified atom stereocenters. The van der Waals surface area contributed by atoms with Crippen LogP contribution < -0.4 is 4.90 Å². The van der Waals surface area contributed by atoms with E-state index in [2.05, 4.69) is 39.4 Å². The minimum Gasteiger partial charge on any atom is -0.346 e. The van der Waals surface area contributed by atoms with Crippen LogP contribution in [0.1, 0.15) is 10.4 Å². The maximum Gasteiger partial charge on any atom is 0.254 e. The number of benzene rings is 3. The Morgan fingerprint density at radius 3 is 2.10 bits per heavy atom. The quantitative estimate of drug-likeness (QED) is 0.529. The van der Waals surface area contributed by atoms with E-state index in [1.165, 1.54) is 0 Å². The fourth-order valence-corrected chi connectivity index (χ4v) is 4.59. The molecular weight excluding hydrogens is 372 g/mol. The number of carbonyl (C=O) groups excluding carboxylic acids is 1. The second-order valence-electron chi connectivity index (χ2n) is 7.89. The van der Waals surface area contributed by atoms with Crippen LogP contribution in [-0.4, -0.2) is 46.2 Å². The van der Waals surface area contributed by atoms with E-state index in [4.69, 9.17) is 0 Å². The molecule has 2 atom stereocenters. The summed E-state index contributed by atoms with van der Waals surface area (Å²) >= 11 is 0. The lowest BCUT2D eigenvalue weighted by atomic mass is 9.84. The fraction of sp³-hybridized carbons (Fsp3) is 0.160. The number of aromatic nitrogens is 2. The summed E-state index contributed by atoms with van der Waals surface area (Å²) in [5.74, 6) is 1.03. The van der Waals surface area contributed by atoms with Crippen molar-refractivity contribution in [3.05, 3.63) is 90.5 Å². The van der Waals surface area contributed by atoms with Crippen LogP contribution in [0, 0.1) is 0 Å². The number of nitrogens with zero attached hydrogens (tertiary/aromatic N) is 4. The first-order valence-corrected chi connectivity index (χ1v) is 10.2. The summed E-state index contributed by atoms with van der Waals surface area (Å²) in [5.41, 5.74) is 2.73. The van der Waals surface area contributed by atoms with Crippen molar-refractivity contribution in [1.82, 2.24) is 15.1 Å². The van der Waals surface area contributed by atoms with Crippen molar-refractivity contribution < 1.29 is 4.79 Å². The van der Waals surface area contributed by atoms with Crippen LogP contribution in [0.3, 0.4) is 0 Å². The van der Waals surface area contributed by atoms with Crippen molar-refractivity contribution in [2.75, 3.05) is 18.0 Å².